The maximum atomic E-state index is 12.7. The van der Waals surface area contributed by atoms with Gasteiger partial charge in [0.25, 0.3) is 0 Å². The smallest absolute Gasteiger partial charge is 0.347 e. The Balaban J connectivity index is 2.04. The molecule has 2 aromatic carbocycles. The van der Waals surface area contributed by atoms with Crippen LogP contribution in [-0.2, 0) is 16.0 Å². The topological polar surface area (TPSA) is 92.0 Å². The molecule has 1 aromatic heterocycles. The largest absolute Gasteiger partial charge is 0.496 e. The Morgan fingerprint density at radius 2 is 1.79 bits per heavy atom. The second-order valence-corrected chi connectivity index (χ2v) is 6.37. The molecule has 0 aliphatic heterocycles. The van der Waals surface area contributed by atoms with E-state index in [2.05, 4.69) is 0 Å². The molecule has 0 fully saturated rings. The van der Waals surface area contributed by atoms with Crippen molar-refractivity contribution >= 4 is 22.9 Å². The third-order valence-electron chi connectivity index (χ3n) is 4.49. The normalized spacial score (nSPS) is 10.6. The Hall–Kier alpha value is -3.61. The standard InChI is InChI=1S/C22H20O7/c1-13-10-21(24)28-19-12-18(14(11-16(13)19)8-9-20(23)27-3)29-22(25)15-6-4-5-7-17(15)26-2/h4-7,10-12H,8-9H2,1-3H3. The Labute approximate surface area is 166 Å². The monoisotopic (exact) mass is 396 g/mol. The molecule has 0 N–H and O–H groups in total. The summed E-state index contributed by atoms with van der Waals surface area (Å²) in [6, 6.07) is 11.3. The second kappa shape index (κ2) is 8.60. The van der Waals surface area contributed by atoms with Crippen LogP contribution in [0.25, 0.3) is 11.0 Å². The molecule has 1 heterocycles. The van der Waals surface area contributed by atoms with Gasteiger partial charge in [0, 0.05) is 23.9 Å². The summed E-state index contributed by atoms with van der Waals surface area (Å²) >= 11 is 0. The summed E-state index contributed by atoms with van der Waals surface area (Å²) < 4.78 is 20.8. The van der Waals surface area contributed by atoms with Crippen LogP contribution in [0.5, 0.6) is 11.5 Å². The first kappa shape index (κ1) is 20.1. The Bertz CT molecular complexity index is 1130. The van der Waals surface area contributed by atoms with Gasteiger partial charge >= 0.3 is 17.6 Å². The summed E-state index contributed by atoms with van der Waals surface area (Å²) in [6.07, 6.45) is 0.396. The molecule has 0 aliphatic carbocycles. The molecule has 7 heteroatoms. The van der Waals surface area contributed by atoms with Gasteiger partial charge in [-0.2, -0.15) is 0 Å². The van der Waals surface area contributed by atoms with Gasteiger partial charge in [-0.05, 0) is 42.7 Å². The summed E-state index contributed by atoms with van der Waals surface area (Å²) in [4.78, 5) is 36.0. The Morgan fingerprint density at radius 3 is 2.52 bits per heavy atom. The molecule has 3 rings (SSSR count). The fourth-order valence-electron chi connectivity index (χ4n) is 2.99. The number of fused-ring (bicyclic) bond motifs is 1. The first-order chi connectivity index (χ1) is 13.9. The minimum absolute atomic E-state index is 0.108. The van der Waals surface area contributed by atoms with Crippen molar-refractivity contribution in [3.8, 4) is 11.5 Å². The molecular weight excluding hydrogens is 376 g/mol. The van der Waals surface area contributed by atoms with Crippen LogP contribution in [0, 0.1) is 6.92 Å². The number of aryl methyl sites for hydroxylation is 2. The van der Waals surface area contributed by atoms with Crippen molar-refractivity contribution < 1.29 is 28.2 Å². The predicted molar refractivity (Wildman–Crippen MR) is 106 cm³/mol. The van der Waals surface area contributed by atoms with Gasteiger partial charge in [-0.15, -0.1) is 0 Å². The molecule has 0 aliphatic rings. The number of carbonyl (C=O) groups excluding carboxylic acids is 2. The van der Waals surface area contributed by atoms with Crippen LogP contribution in [0.15, 0.2) is 51.7 Å². The van der Waals surface area contributed by atoms with Gasteiger partial charge in [-0.25, -0.2) is 9.59 Å². The molecule has 3 aromatic rings. The molecule has 0 bridgehead atoms. The van der Waals surface area contributed by atoms with E-state index in [9.17, 15) is 14.4 Å². The van der Waals surface area contributed by atoms with E-state index in [0.29, 0.717) is 22.3 Å². The van der Waals surface area contributed by atoms with Crippen LogP contribution in [0.3, 0.4) is 0 Å². The lowest BCUT2D eigenvalue weighted by molar-refractivity contribution is -0.140. The minimum atomic E-state index is -0.629. The highest BCUT2D eigenvalue weighted by Crippen LogP contribution is 2.30. The molecule has 0 radical (unpaired) electrons. The highest BCUT2D eigenvalue weighted by molar-refractivity contribution is 5.95. The van der Waals surface area contributed by atoms with Crippen molar-refractivity contribution in [2.75, 3.05) is 14.2 Å². The molecule has 0 unspecified atom stereocenters. The number of esters is 2. The van der Waals surface area contributed by atoms with E-state index in [1.54, 1.807) is 37.3 Å². The first-order valence-electron chi connectivity index (χ1n) is 8.92. The summed E-state index contributed by atoms with van der Waals surface area (Å²) in [5.74, 6) is -0.442. The predicted octanol–water partition coefficient (Wildman–Crippen LogP) is 3.43. The highest BCUT2D eigenvalue weighted by Gasteiger charge is 2.18. The lowest BCUT2D eigenvalue weighted by Gasteiger charge is -2.13. The lowest BCUT2D eigenvalue weighted by Crippen LogP contribution is -2.12. The molecule has 29 heavy (non-hydrogen) atoms. The van der Waals surface area contributed by atoms with Crippen LogP contribution in [0.2, 0.25) is 0 Å². The summed E-state index contributed by atoms with van der Waals surface area (Å²) in [5, 5.41) is 0.696. The van der Waals surface area contributed by atoms with Gasteiger partial charge in [0.15, 0.2) is 0 Å². The summed E-state index contributed by atoms with van der Waals surface area (Å²) in [7, 11) is 2.77. The number of ether oxygens (including phenoxy) is 3. The van der Waals surface area contributed by atoms with E-state index in [1.165, 1.54) is 26.4 Å². The maximum absolute atomic E-state index is 12.7. The molecule has 0 saturated heterocycles. The zero-order valence-corrected chi connectivity index (χ0v) is 16.3. The van der Waals surface area contributed by atoms with E-state index in [-0.39, 0.29) is 30.1 Å². The number of hydrogen-bond acceptors (Lipinski definition) is 7. The molecule has 0 spiro atoms. The van der Waals surface area contributed by atoms with Crippen LogP contribution in [0.4, 0.5) is 0 Å². The number of benzene rings is 2. The van der Waals surface area contributed by atoms with E-state index in [0.717, 1.165) is 5.56 Å². The zero-order valence-electron chi connectivity index (χ0n) is 16.3. The Kier molecular flexibility index (Phi) is 5.97. The SMILES string of the molecule is COC(=O)CCc1cc2c(C)cc(=O)oc2cc1OC(=O)c1ccccc1OC. The van der Waals surface area contributed by atoms with Gasteiger partial charge in [0.1, 0.15) is 22.6 Å². The molecule has 0 saturated carbocycles. The average molecular weight is 396 g/mol. The fourth-order valence-corrected chi connectivity index (χ4v) is 2.99. The summed E-state index contributed by atoms with van der Waals surface area (Å²) in [6.45, 7) is 1.78. The van der Waals surface area contributed by atoms with Crippen molar-refractivity contribution in [1.29, 1.82) is 0 Å². The first-order valence-corrected chi connectivity index (χ1v) is 8.92. The summed E-state index contributed by atoms with van der Waals surface area (Å²) in [5.41, 5.74) is 1.37. The van der Waals surface area contributed by atoms with E-state index in [1.807, 2.05) is 0 Å². The van der Waals surface area contributed by atoms with Crippen LogP contribution >= 0.6 is 0 Å². The second-order valence-electron chi connectivity index (χ2n) is 6.37. The average Bonchev–Trinajstić information content (AvgIpc) is 2.71. The van der Waals surface area contributed by atoms with Gasteiger partial charge in [-0.1, -0.05) is 12.1 Å². The number of methoxy groups -OCH3 is 2. The number of hydrogen-bond donors (Lipinski definition) is 0. The van der Waals surface area contributed by atoms with Crippen molar-refractivity contribution in [1.82, 2.24) is 0 Å². The molecule has 0 amide bonds. The number of rotatable bonds is 6. The van der Waals surface area contributed by atoms with Crippen molar-refractivity contribution in [3.63, 3.8) is 0 Å². The van der Waals surface area contributed by atoms with Crippen molar-refractivity contribution in [3.05, 3.63) is 69.6 Å². The van der Waals surface area contributed by atoms with Gasteiger partial charge in [0.2, 0.25) is 0 Å². The van der Waals surface area contributed by atoms with Crippen molar-refractivity contribution in [2.24, 2.45) is 0 Å². The number of para-hydroxylation sites is 1. The highest BCUT2D eigenvalue weighted by atomic mass is 16.5. The molecular formula is C22H20O7. The quantitative estimate of drug-likeness (QED) is 0.358. The number of carbonyl (C=O) groups is 2. The van der Waals surface area contributed by atoms with Gasteiger partial charge in [0.05, 0.1) is 14.2 Å². The van der Waals surface area contributed by atoms with Crippen LogP contribution < -0.4 is 15.1 Å². The Morgan fingerprint density at radius 1 is 1.03 bits per heavy atom. The molecule has 7 nitrogen and oxygen atoms in total. The van der Waals surface area contributed by atoms with E-state index >= 15 is 0 Å². The minimum Gasteiger partial charge on any atom is -0.496 e. The fraction of sp³-hybridized carbons (Fsp3) is 0.227. The van der Waals surface area contributed by atoms with Crippen LogP contribution in [0.1, 0.15) is 27.9 Å². The molecule has 0 atom stereocenters. The third-order valence-corrected chi connectivity index (χ3v) is 4.49. The maximum Gasteiger partial charge on any atom is 0.347 e. The van der Waals surface area contributed by atoms with Gasteiger partial charge < -0.3 is 18.6 Å². The third kappa shape index (κ3) is 4.45. The van der Waals surface area contributed by atoms with E-state index in [4.69, 9.17) is 18.6 Å². The van der Waals surface area contributed by atoms with Crippen molar-refractivity contribution in [2.45, 2.75) is 19.8 Å². The zero-order chi connectivity index (χ0) is 21.0. The van der Waals surface area contributed by atoms with E-state index < -0.39 is 11.6 Å². The van der Waals surface area contributed by atoms with Crippen LogP contribution in [-0.4, -0.2) is 26.2 Å². The lowest BCUT2D eigenvalue weighted by atomic mass is 10.0. The van der Waals surface area contributed by atoms with Gasteiger partial charge in [-0.3, -0.25) is 4.79 Å². The molecule has 150 valence electrons.